The van der Waals surface area contributed by atoms with Crippen molar-refractivity contribution in [1.82, 2.24) is 5.32 Å². The normalized spacial score (nSPS) is 10.2. The topological polar surface area (TPSA) is 72.2 Å². The predicted octanol–water partition coefficient (Wildman–Crippen LogP) is 3.32. The minimum atomic E-state index is -0.477. The molecule has 104 valence electrons. The molecule has 1 aromatic rings. The summed E-state index contributed by atoms with van der Waals surface area (Å²) in [5, 5.41) is 13.3. The molecule has 6 heteroatoms. The van der Waals surface area contributed by atoms with Gasteiger partial charge in [0.1, 0.15) is 0 Å². The summed E-state index contributed by atoms with van der Waals surface area (Å²) in [7, 11) is 0. The average molecular weight is 376 g/mol. The summed E-state index contributed by atoms with van der Waals surface area (Å²) in [4.78, 5) is 21.7. The van der Waals surface area contributed by atoms with Crippen molar-refractivity contribution in [3.63, 3.8) is 0 Å². The Morgan fingerprint density at radius 2 is 1.79 bits per heavy atom. The van der Waals surface area contributed by atoms with Gasteiger partial charge in [0.2, 0.25) is 0 Å². The fourth-order valence-corrected chi connectivity index (χ4v) is 2.15. The van der Waals surface area contributed by atoms with Crippen LogP contribution in [0.1, 0.15) is 36.0 Å². The molecule has 1 aromatic carbocycles. The molecule has 0 spiro atoms. The SMILES string of the molecule is O=C(NCCCCCCI)c1ccc([N+](=O)[O-])cc1. The van der Waals surface area contributed by atoms with Crippen LogP contribution in [-0.2, 0) is 0 Å². The lowest BCUT2D eigenvalue weighted by molar-refractivity contribution is -0.384. The number of amides is 1. The second-order valence-corrected chi connectivity index (χ2v) is 5.24. The van der Waals surface area contributed by atoms with E-state index in [0.717, 1.165) is 12.8 Å². The molecule has 0 saturated carbocycles. The van der Waals surface area contributed by atoms with E-state index in [0.29, 0.717) is 12.1 Å². The summed E-state index contributed by atoms with van der Waals surface area (Å²) in [6, 6.07) is 5.64. The minimum Gasteiger partial charge on any atom is -0.352 e. The Kier molecular flexibility index (Phi) is 7.39. The van der Waals surface area contributed by atoms with Crippen molar-refractivity contribution < 1.29 is 9.72 Å². The number of hydrogen-bond donors (Lipinski definition) is 1. The van der Waals surface area contributed by atoms with Gasteiger partial charge in [0, 0.05) is 24.2 Å². The van der Waals surface area contributed by atoms with Crippen LogP contribution in [0.4, 0.5) is 5.69 Å². The number of carbonyl (C=O) groups excluding carboxylic acids is 1. The number of unbranched alkanes of at least 4 members (excludes halogenated alkanes) is 3. The summed E-state index contributed by atoms with van der Waals surface area (Å²) in [6.45, 7) is 0.650. The smallest absolute Gasteiger partial charge is 0.269 e. The molecule has 19 heavy (non-hydrogen) atoms. The fraction of sp³-hybridized carbons (Fsp3) is 0.462. The maximum Gasteiger partial charge on any atom is 0.269 e. The number of hydrogen-bond acceptors (Lipinski definition) is 3. The summed E-state index contributed by atoms with van der Waals surface area (Å²) >= 11 is 2.36. The molecule has 0 unspecified atom stereocenters. The van der Waals surface area contributed by atoms with Crippen molar-refractivity contribution in [2.45, 2.75) is 25.7 Å². The van der Waals surface area contributed by atoms with Gasteiger partial charge in [0.25, 0.3) is 11.6 Å². The third-order valence-corrected chi connectivity index (χ3v) is 3.45. The van der Waals surface area contributed by atoms with Gasteiger partial charge in [0.05, 0.1) is 4.92 Å². The van der Waals surface area contributed by atoms with E-state index in [1.807, 2.05) is 0 Å². The summed E-state index contributed by atoms with van der Waals surface area (Å²) < 4.78 is 1.17. The molecule has 1 amide bonds. The van der Waals surface area contributed by atoms with Crippen LogP contribution in [-0.4, -0.2) is 21.8 Å². The lowest BCUT2D eigenvalue weighted by Crippen LogP contribution is -2.24. The number of nitro groups is 1. The highest BCUT2D eigenvalue weighted by Crippen LogP contribution is 2.11. The molecule has 0 aliphatic heterocycles. The predicted molar refractivity (Wildman–Crippen MR) is 82.8 cm³/mol. The van der Waals surface area contributed by atoms with E-state index in [4.69, 9.17) is 0 Å². The van der Waals surface area contributed by atoms with Crippen LogP contribution in [0, 0.1) is 10.1 Å². The standard InChI is InChI=1S/C13H17IN2O3/c14-9-3-1-2-4-10-15-13(17)11-5-7-12(8-6-11)16(18)19/h5-8H,1-4,9-10H2,(H,15,17). The zero-order valence-electron chi connectivity index (χ0n) is 10.6. The van der Waals surface area contributed by atoms with Gasteiger partial charge in [-0.3, -0.25) is 14.9 Å². The van der Waals surface area contributed by atoms with Crippen LogP contribution >= 0.6 is 22.6 Å². The molecule has 0 heterocycles. The zero-order chi connectivity index (χ0) is 14.1. The van der Waals surface area contributed by atoms with Crippen LogP contribution in [0.3, 0.4) is 0 Å². The molecular formula is C13H17IN2O3. The van der Waals surface area contributed by atoms with Crippen LogP contribution in [0.25, 0.3) is 0 Å². The number of nitro benzene ring substituents is 1. The molecule has 0 aliphatic carbocycles. The van der Waals surface area contributed by atoms with Crippen LogP contribution in [0.15, 0.2) is 24.3 Å². The van der Waals surface area contributed by atoms with Gasteiger partial charge in [-0.15, -0.1) is 0 Å². The molecule has 0 fully saturated rings. The Bertz CT molecular complexity index is 420. The maximum atomic E-state index is 11.7. The largest absolute Gasteiger partial charge is 0.352 e. The highest BCUT2D eigenvalue weighted by atomic mass is 127. The van der Waals surface area contributed by atoms with Crippen LogP contribution in [0.2, 0.25) is 0 Å². The summed E-state index contributed by atoms with van der Waals surface area (Å²) in [5.41, 5.74) is 0.452. The third-order valence-electron chi connectivity index (χ3n) is 2.69. The van der Waals surface area contributed by atoms with Gasteiger partial charge in [0.15, 0.2) is 0 Å². The molecule has 0 atom stereocenters. The quantitative estimate of drug-likeness (QED) is 0.249. The van der Waals surface area contributed by atoms with Crippen LogP contribution in [0.5, 0.6) is 0 Å². The van der Waals surface area contributed by atoms with E-state index < -0.39 is 4.92 Å². The molecule has 0 aromatic heterocycles. The monoisotopic (exact) mass is 376 g/mol. The molecule has 1 rings (SSSR count). The summed E-state index contributed by atoms with van der Waals surface area (Å²) in [6.07, 6.45) is 4.49. The third kappa shape index (κ3) is 6.00. The molecule has 0 saturated heterocycles. The van der Waals surface area contributed by atoms with Gasteiger partial charge in [-0.1, -0.05) is 35.4 Å². The number of alkyl halides is 1. The Balaban J connectivity index is 2.31. The Morgan fingerprint density at radius 1 is 1.16 bits per heavy atom. The van der Waals surface area contributed by atoms with Crippen molar-refractivity contribution in [1.29, 1.82) is 0 Å². The summed E-state index contributed by atoms with van der Waals surface area (Å²) in [5.74, 6) is -0.177. The second-order valence-electron chi connectivity index (χ2n) is 4.16. The Hall–Kier alpha value is -1.18. The van der Waals surface area contributed by atoms with E-state index in [2.05, 4.69) is 27.9 Å². The average Bonchev–Trinajstić information content (AvgIpc) is 2.42. The van der Waals surface area contributed by atoms with Crippen molar-refractivity contribution in [2.24, 2.45) is 0 Å². The van der Waals surface area contributed by atoms with E-state index in [1.54, 1.807) is 0 Å². The van der Waals surface area contributed by atoms with Crippen molar-refractivity contribution in [2.75, 3.05) is 11.0 Å². The van der Waals surface area contributed by atoms with Gasteiger partial charge >= 0.3 is 0 Å². The molecular weight excluding hydrogens is 359 g/mol. The molecule has 0 aliphatic rings. The first kappa shape index (κ1) is 15.9. The Labute approximate surface area is 126 Å². The number of rotatable bonds is 8. The number of nitrogens with zero attached hydrogens (tertiary/aromatic N) is 1. The van der Waals surface area contributed by atoms with Crippen molar-refractivity contribution in [3.05, 3.63) is 39.9 Å². The minimum absolute atomic E-state index is 0.00431. The van der Waals surface area contributed by atoms with Crippen molar-refractivity contribution >= 4 is 34.2 Å². The first-order valence-corrected chi connectivity index (χ1v) is 7.76. The highest BCUT2D eigenvalue weighted by Gasteiger charge is 2.08. The second kappa shape index (κ2) is 8.84. The zero-order valence-corrected chi connectivity index (χ0v) is 12.8. The van der Waals surface area contributed by atoms with Gasteiger partial charge in [-0.25, -0.2) is 0 Å². The van der Waals surface area contributed by atoms with E-state index in [9.17, 15) is 14.9 Å². The number of carbonyl (C=O) groups is 1. The van der Waals surface area contributed by atoms with Gasteiger partial charge in [-0.2, -0.15) is 0 Å². The fourth-order valence-electron chi connectivity index (χ4n) is 1.61. The molecule has 5 nitrogen and oxygen atoms in total. The lowest BCUT2D eigenvalue weighted by Gasteiger charge is -2.04. The first-order valence-electron chi connectivity index (χ1n) is 6.24. The number of benzene rings is 1. The Morgan fingerprint density at radius 3 is 2.37 bits per heavy atom. The first-order chi connectivity index (χ1) is 9.15. The number of non-ortho nitro benzene ring substituents is 1. The molecule has 0 radical (unpaired) electrons. The van der Waals surface area contributed by atoms with Gasteiger partial charge in [-0.05, 0) is 29.4 Å². The van der Waals surface area contributed by atoms with Gasteiger partial charge < -0.3 is 5.32 Å². The molecule has 0 bridgehead atoms. The van der Waals surface area contributed by atoms with Crippen LogP contribution < -0.4 is 5.32 Å². The number of halogens is 1. The molecule has 1 N–H and O–H groups in total. The number of nitrogens with one attached hydrogen (secondary N) is 1. The lowest BCUT2D eigenvalue weighted by atomic mass is 10.2. The van der Waals surface area contributed by atoms with E-state index >= 15 is 0 Å². The van der Waals surface area contributed by atoms with E-state index in [1.165, 1.54) is 41.5 Å². The van der Waals surface area contributed by atoms with E-state index in [-0.39, 0.29) is 11.6 Å². The maximum absolute atomic E-state index is 11.7. The highest BCUT2D eigenvalue weighted by molar-refractivity contribution is 14.1. The van der Waals surface area contributed by atoms with Crippen molar-refractivity contribution in [3.8, 4) is 0 Å².